The van der Waals surface area contributed by atoms with Gasteiger partial charge in [-0.05, 0) is 43.6 Å². The third kappa shape index (κ3) is 4.04. The lowest BCUT2D eigenvalue weighted by Crippen LogP contribution is -2.56. The molecule has 0 aromatic carbocycles. The largest absolute Gasteiger partial charge is 0.444 e. The van der Waals surface area contributed by atoms with Gasteiger partial charge in [-0.1, -0.05) is 0 Å². The van der Waals surface area contributed by atoms with Gasteiger partial charge >= 0.3 is 6.09 Å². The molecule has 0 radical (unpaired) electrons. The number of ether oxygens (including phenoxy) is 1. The predicted molar refractivity (Wildman–Crippen MR) is 89.2 cm³/mol. The van der Waals surface area contributed by atoms with Crippen molar-refractivity contribution in [1.29, 1.82) is 0 Å². The Hall–Kier alpha value is -1.57. The highest BCUT2D eigenvalue weighted by Crippen LogP contribution is 2.20. The van der Waals surface area contributed by atoms with Gasteiger partial charge in [-0.25, -0.2) is 4.79 Å². The Morgan fingerprint density at radius 2 is 2.00 bits per heavy atom. The molecule has 8 heteroatoms. The average Bonchev–Trinajstić information content (AvgIpc) is 2.75. The Bertz CT molecular complexity index is 589. The van der Waals surface area contributed by atoms with E-state index in [1.54, 1.807) is 27.7 Å². The summed E-state index contributed by atoms with van der Waals surface area (Å²) < 4.78 is 7.64. The maximum absolute atomic E-state index is 12.7. The van der Waals surface area contributed by atoms with E-state index in [2.05, 4.69) is 21.0 Å². The van der Waals surface area contributed by atoms with Crippen LogP contribution < -0.4 is 0 Å². The smallest absolute Gasteiger partial charge is 0.410 e. The number of aryl methyl sites for hydroxylation is 1. The van der Waals surface area contributed by atoms with Crippen LogP contribution in [0.1, 0.15) is 38.2 Å². The summed E-state index contributed by atoms with van der Waals surface area (Å²) in [6.07, 6.45) is 1.27. The van der Waals surface area contributed by atoms with E-state index in [0.717, 1.165) is 0 Å². The van der Waals surface area contributed by atoms with Crippen LogP contribution in [0.2, 0.25) is 0 Å². The number of carbonyl (C=O) groups is 2. The summed E-state index contributed by atoms with van der Waals surface area (Å²) in [6, 6.07) is -0.102. The molecule has 2 rings (SSSR count). The van der Waals surface area contributed by atoms with E-state index in [4.69, 9.17) is 4.74 Å². The molecule has 2 heterocycles. The van der Waals surface area contributed by atoms with Crippen LogP contribution in [0.5, 0.6) is 0 Å². The topological polar surface area (TPSA) is 67.7 Å². The first-order chi connectivity index (χ1) is 10.6. The Balaban J connectivity index is 2.04. The number of amides is 2. The van der Waals surface area contributed by atoms with Crippen LogP contribution in [0.25, 0.3) is 0 Å². The first kappa shape index (κ1) is 17.8. The maximum Gasteiger partial charge on any atom is 0.410 e. The molecule has 1 atom stereocenters. The van der Waals surface area contributed by atoms with Gasteiger partial charge in [0.15, 0.2) is 0 Å². The molecule has 1 saturated heterocycles. The molecule has 128 valence electrons. The first-order valence-corrected chi connectivity index (χ1v) is 8.36. The zero-order valence-electron chi connectivity index (χ0n) is 14.2. The third-order valence-corrected chi connectivity index (χ3v) is 4.22. The van der Waals surface area contributed by atoms with Crippen LogP contribution in [0.15, 0.2) is 10.7 Å². The van der Waals surface area contributed by atoms with Crippen molar-refractivity contribution in [3.05, 3.63) is 16.4 Å². The minimum absolute atomic E-state index is 0.0902. The van der Waals surface area contributed by atoms with Crippen LogP contribution in [-0.2, 0) is 11.8 Å². The molecule has 2 amide bonds. The Labute approximate surface area is 144 Å². The molecular formula is C15H23BrN4O3. The number of hydrogen-bond acceptors (Lipinski definition) is 4. The molecule has 0 saturated carbocycles. The molecule has 0 aliphatic carbocycles. The number of halogens is 1. The van der Waals surface area contributed by atoms with E-state index in [-0.39, 0.29) is 18.0 Å². The number of rotatable bonds is 1. The van der Waals surface area contributed by atoms with Gasteiger partial charge in [0.1, 0.15) is 11.3 Å². The summed E-state index contributed by atoms with van der Waals surface area (Å²) >= 11 is 3.35. The van der Waals surface area contributed by atoms with E-state index >= 15 is 0 Å². The van der Waals surface area contributed by atoms with Crippen LogP contribution >= 0.6 is 15.9 Å². The van der Waals surface area contributed by atoms with Crippen molar-refractivity contribution in [2.45, 2.75) is 39.3 Å². The van der Waals surface area contributed by atoms with Gasteiger partial charge in [-0.15, -0.1) is 0 Å². The molecule has 1 aliphatic heterocycles. The van der Waals surface area contributed by atoms with Gasteiger partial charge in [-0.2, -0.15) is 5.10 Å². The van der Waals surface area contributed by atoms with E-state index in [9.17, 15) is 9.59 Å². The van der Waals surface area contributed by atoms with E-state index in [0.29, 0.717) is 29.8 Å². The van der Waals surface area contributed by atoms with Gasteiger partial charge in [0.25, 0.3) is 5.91 Å². The highest BCUT2D eigenvalue weighted by Gasteiger charge is 2.34. The fourth-order valence-electron chi connectivity index (χ4n) is 2.53. The van der Waals surface area contributed by atoms with Crippen molar-refractivity contribution >= 4 is 27.9 Å². The lowest BCUT2D eigenvalue weighted by atomic mass is 10.2. The summed E-state index contributed by atoms with van der Waals surface area (Å²) in [5, 5.41) is 4.07. The molecule has 1 aromatic rings. The van der Waals surface area contributed by atoms with Crippen LogP contribution in [-0.4, -0.2) is 62.9 Å². The molecule has 0 N–H and O–H groups in total. The van der Waals surface area contributed by atoms with Crippen molar-refractivity contribution in [3.8, 4) is 0 Å². The zero-order valence-corrected chi connectivity index (χ0v) is 15.8. The number of nitrogens with zero attached hydrogens (tertiary/aromatic N) is 4. The minimum atomic E-state index is -0.524. The molecule has 0 unspecified atom stereocenters. The van der Waals surface area contributed by atoms with Gasteiger partial charge in [0, 0.05) is 32.7 Å². The molecule has 23 heavy (non-hydrogen) atoms. The normalized spacial score (nSPS) is 19.0. The highest BCUT2D eigenvalue weighted by molar-refractivity contribution is 9.10. The quantitative estimate of drug-likeness (QED) is 0.742. The molecular weight excluding hydrogens is 364 g/mol. The predicted octanol–water partition coefficient (Wildman–Crippen LogP) is 2.26. The second kappa shape index (κ2) is 6.51. The van der Waals surface area contributed by atoms with E-state index in [1.807, 2.05) is 27.7 Å². The van der Waals surface area contributed by atoms with E-state index in [1.165, 1.54) is 0 Å². The molecule has 0 spiro atoms. The lowest BCUT2D eigenvalue weighted by molar-refractivity contribution is 0.00180. The zero-order chi connectivity index (χ0) is 17.4. The fraction of sp³-hybridized carbons (Fsp3) is 0.667. The maximum atomic E-state index is 12.7. The van der Waals surface area contributed by atoms with Crippen molar-refractivity contribution in [2.24, 2.45) is 7.05 Å². The number of carbonyl (C=O) groups excluding carboxylic acids is 2. The molecule has 7 nitrogen and oxygen atoms in total. The van der Waals surface area contributed by atoms with Crippen molar-refractivity contribution < 1.29 is 14.3 Å². The van der Waals surface area contributed by atoms with Gasteiger partial charge in [0.05, 0.1) is 10.7 Å². The van der Waals surface area contributed by atoms with Gasteiger partial charge < -0.3 is 14.5 Å². The third-order valence-electron chi connectivity index (χ3n) is 3.64. The summed E-state index contributed by atoms with van der Waals surface area (Å²) in [7, 11) is 1.73. The lowest BCUT2D eigenvalue weighted by Gasteiger charge is -2.40. The van der Waals surface area contributed by atoms with Crippen molar-refractivity contribution in [2.75, 3.05) is 19.6 Å². The Morgan fingerprint density at radius 1 is 1.35 bits per heavy atom. The average molecular weight is 387 g/mol. The van der Waals surface area contributed by atoms with Gasteiger partial charge in [0.2, 0.25) is 0 Å². The second-order valence-corrected chi connectivity index (χ2v) is 7.59. The molecule has 1 aromatic heterocycles. The summed E-state index contributed by atoms with van der Waals surface area (Å²) in [5.74, 6) is -0.0902. The molecule has 1 aliphatic rings. The summed E-state index contributed by atoms with van der Waals surface area (Å²) in [6.45, 7) is 8.84. The SMILES string of the molecule is C[C@@H]1CN(C(=O)c2c(Br)cnn2C)CCN1C(=O)OC(C)(C)C. The monoisotopic (exact) mass is 386 g/mol. The Morgan fingerprint density at radius 3 is 2.48 bits per heavy atom. The van der Waals surface area contributed by atoms with Gasteiger partial charge in [-0.3, -0.25) is 9.48 Å². The van der Waals surface area contributed by atoms with Crippen LogP contribution in [0.4, 0.5) is 4.79 Å². The fourth-order valence-corrected chi connectivity index (χ4v) is 3.05. The summed E-state index contributed by atoms with van der Waals surface area (Å²) in [4.78, 5) is 28.3. The summed E-state index contributed by atoms with van der Waals surface area (Å²) in [5.41, 5.74) is -0.00788. The van der Waals surface area contributed by atoms with Crippen molar-refractivity contribution in [1.82, 2.24) is 19.6 Å². The number of piperazine rings is 1. The number of hydrogen-bond donors (Lipinski definition) is 0. The van der Waals surface area contributed by atoms with Crippen molar-refractivity contribution in [3.63, 3.8) is 0 Å². The molecule has 1 fully saturated rings. The highest BCUT2D eigenvalue weighted by atomic mass is 79.9. The standard InChI is InChI=1S/C15H23BrN4O3/c1-10-9-19(13(21)12-11(16)8-17-18(12)5)6-7-20(10)14(22)23-15(2,3)4/h8,10H,6-7,9H2,1-5H3/t10-/m1/s1. The Kier molecular flexibility index (Phi) is 5.03. The van der Waals surface area contributed by atoms with Crippen LogP contribution in [0, 0.1) is 0 Å². The second-order valence-electron chi connectivity index (χ2n) is 6.74. The number of aromatic nitrogens is 2. The molecule has 0 bridgehead atoms. The minimum Gasteiger partial charge on any atom is -0.444 e. The van der Waals surface area contributed by atoms with E-state index < -0.39 is 5.60 Å². The van der Waals surface area contributed by atoms with Crippen LogP contribution in [0.3, 0.4) is 0 Å². The first-order valence-electron chi connectivity index (χ1n) is 7.56.